The molecule has 160 valence electrons. The highest BCUT2D eigenvalue weighted by molar-refractivity contribution is 6.15. The number of Topliss-reactive ketones (excluding diaryl/α,β-unsaturated/α-hetero) is 2. The summed E-state index contributed by atoms with van der Waals surface area (Å²) in [6.07, 6.45) is 3.02. The average Bonchev–Trinajstić information content (AvgIpc) is 2.93. The molecule has 2 aromatic rings. The summed E-state index contributed by atoms with van der Waals surface area (Å²) >= 11 is 0. The molecule has 0 spiro atoms. The van der Waals surface area contributed by atoms with Crippen molar-refractivity contribution < 1.29 is 14.4 Å². The minimum absolute atomic E-state index is 0.0214. The van der Waals surface area contributed by atoms with Crippen molar-refractivity contribution >= 4 is 17.5 Å². The van der Waals surface area contributed by atoms with E-state index in [-0.39, 0.29) is 30.3 Å². The number of nitrogens with zero attached hydrogens (tertiary/aromatic N) is 3. The van der Waals surface area contributed by atoms with Gasteiger partial charge in [0.05, 0.1) is 5.56 Å². The lowest BCUT2D eigenvalue weighted by molar-refractivity contribution is -0.129. The van der Waals surface area contributed by atoms with Crippen LogP contribution in [0, 0.1) is 31.1 Å². The van der Waals surface area contributed by atoms with Crippen LogP contribution in [-0.4, -0.2) is 33.0 Å². The zero-order chi connectivity index (χ0) is 22.9. The number of amides is 1. The number of hydrogen-bond acceptors (Lipinski definition) is 6. The number of nitrogens with one attached hydrogen (secondary N) is 1. The number of aromatic nitrogens is 2. The Morgan fingerprint density at radius 2 is 1.74 bits per heavy atom. The first-order valence-corrected chi connectivity index (χ1v) is 10.2. The minimum atomic E-state index is -0.844. The number of rotatable bonds is 4. The van der Waals surface area contributed by atoms with Gasteiger partial charge in [0.25, 0.3) is 0 Å². The predicted molar refractivity (Wildman–Crippen MR) is 115 cm³/mol. The highest BCUT2D eigenvalue weighted by atomic mass is 16.2. The second kappa shape index (κ2) is 8.38. The SMILES string of the molecule is Cc1cc(-c2ncc(C#N)cn2)cc(C)c1C1C(=O)CC(CC(=O)NC(C)(C)C)C1=O. The third-order valence-electron chi connectivity index (χ3n) is 5.32. The van der Waals surface area contributed by atoms with E-state index in [1.54, 1.807) is 0 Å². The van der Waals surface area contributed by atoms with Crippen molar-refractivity contribution in [2.24, 2.45) is 5.92 Å². The van der Waals surface area contributed by atoms with E-state index in [1.165, 1.54) is 12.4 Å². The quantitative estimate of drug-likeness (QED) is 0.763. The van der Waals surface area contributed by atoms with Crippen molar-refractivity contribution in [1.29, 1.82) is 5.26 Å². The maximum Gasteiger partial charge on any atom is 0.221 e. The zero-order valence-corrected chi connectivity index (χ0v) is 18.4. The van der Waals surface area contributed by atoms with E-state index < -0.39 is 17.4 Å². The number of carbonyl (C=O) groups is 3. The number of benzene rings is 1. The van der Waals surface area contributed by atoms with Crippen LogP contribution in [0.1, 0.15) is 61.8 Å². The van der Waals surface area contributed by atoms with Gasteiger partial charge in [-0.25, -0.2) is 9.97 Å². The van der Waals surface area contributed by atoms with Crippen LogP contribution in [0.2, 0.25) is 0 Å². The van der Waals surface area contributed by atoms with Gasteiger partial charge in [0.2, 0.25) is 5.91 Å². The van der Waals surface area contributed by atoms with E-state index in [1.807, 2.05) is 52.8 Å². The van der Waals surface area contributed by atoms with E-state index >= 15 is 0 Å². The molecule has 1 aliphatic carbocycles. The molecule has 1 aromatic heterocycles. The van der Waals surface area contributed by atoms with Crippen LogP contribution in [0.4, 0.5) is 0 Å². The molecule has 7 heteroatoms. The summed E-state index contributed by atoms with van der Waals surface area (Å²) in [5.41, 5.74) is 3.04. The molecule has 0 aliphatic heterocycles. The van der Waals surface area contributed by atoms with E-state index in [0.29, 0.717) is 17.0 Å². The fourth-order valence-electron chi connectivity index (χ4n) is 4.12. The first-order valence-electron chi connectivity index (χ1n) is 10.2. The molecule has 0 bridgehead atoms. The predicted octanol–water partition coefficient (Wildman–Crippen LogP) is 3.18. The van der Waals surface area contributed by atoms with Gasteiger partial charge in [0, 0.05) is 42.3 Å². The van der Waals surface area contributed by atoms with E-state index in [2.05, 4.69) is 15.3 Å². The van der Waals surface area contributed by atoms with Gasteiger partial charge in [-0.2, -0.15) is 5.26 Å². The Bertz CT molecular complexity index is 1070. The topological polar surface area (TPSA) is 113 Å². The summed E-state index contributed by atoms with van der Waals surface area (Å²) < 4.78 is 0. The highest BCUT2D eigenvalue weighted by Crippen LogP contribution is 2.38. The molecule has 1 aromatic carbocycles. The monoisotopic (exact) mass is 418 g/mol. The molecule has 2 unspecified atom stereocenters. The third-order valence-corrected chi connectivity index (χ3v) is 5.32. The van der Waals surface area contributed by atoms with Crippen molar-refractivity contribution in [1.82, 2.24) is 15.3 Å². The molecule has 1 heterocycles. The Labute approximate surface area is 181 Å². The van der Waals surface area contributed by atoms with Gasteiger partial charge in [0.15, 0.2) is 11.6 Å². The highest BCUT2D eigenvalue weighted by Gasteiger charge is 2.44. The molecular weight excluding hydrogens is 392 g/mol. The number of carbonyl (C=O) groups excluding carboxylic acids is 3. The van der Waals surface area contributed by atoms with E-state index in [9.17, 15) is 14.4 Å². The Kier molecular flexibility index (Phi) is 6.03. The Morgan fingerprint density at radius 1 is 1.16 bits per heavy atom. The van der Waals surface area contributed by atoms with Crippen molar-refractivity contribution in [2.45, 2.75) is 58.9 Å². The second-order valence-corrected chi connectivity index (χ2v) is 9.14. The molecule has 2 atom stereocenters. The summed E-state index contributed by atoms with van der Waals surface area (Å²) in [5.74, 6) is -1.53. The molecule has 1 fully saturated rings. The van der Waals surface area contributed by atoms with Gasteiger partial charge >= 0.3 is 0 Å². The lowest BCUT2D eigenvalue weighted by Gasteiger charge is -2.21. The molecule has 0 radical (unpaired) electrons. The molecule has 1 N–H and O–H groups in total. The molecule has 1 saturated carbocycles. The van der Waals surface area contributed by atoms with Gasteiger partial charge in [-0.3, -0.25) is 14.4 Å². The van der Waals surface area contributed by atoms with Gasteiger partial charge in [0.1, 0.15) is 17.8 Å². The standard InChI is InChI=1S/C24H26N4O3/c1-13-6-17(23-26-11-15(10-25)12-27-23)7-14(2)20(13)21-18(29)8-16(22(21)31)9-19(30)28-24(3,4)5/h6-7,11-12,16,21H,8-9H2,1-5H3,(H,28,30). The molecule has 3 rings (SSSR count). The summed E-state index contributed by atoms with van der Waals surface area (Å²) in [6, 6.07) is 5.69. The van der Waals surface area contributed by atoms with E-state index in [4.69, 9.17) is 5.26 Å². The fraction of sp³-hybridized carbons (Fsp3) is 0.417. The summed E-state index contributed by atoms with van der Waals surface area (Å²) in [5, 5.41) is 11.8. The van der Waals surface area contributed by atoms with Gasteiger partial charge in [-0.05, 0) is 63.4 Å². The second-order valence-electron chi connectivity index (χ2n) is 9.14. The van der Waals surface area contributed by atoms with Crippen LogP contribution >= 0.6 is 0 Å². The molecular formula is C24H26N4O3. The largest absolute Gasteiger partial charge is 0.351 e. The number of hydrogen-bond donors (Lipinski definition) is 1. The van der Waals surface area contributed by atoms with Crippen LogP contribution < -0.4 is 5.32 Å². The number of nitriles is 1. The van der Waals surface area contributed by atoms with Crippen LogP contribution in [0.5, 0.6) is 0 Å². The average molecular weight is 418 g/mol. The minimum Gasteiger partial charge on any atom is -0.351 e. The zero-order valence-electron chi connectivity index (χ0n) is 18.4. The lowest BCUT2D eigenvalue weighted by atomic mass is 9.86. The van der Waals surface area contributed by atoms with Crippen LogP contribution in [0.15, 0.2) is 24.5 Å². The molecule has 31 heavy (non-hydrogen) atoms. The molecule has 7 nitrogen and oxygen atoms in total. The lowest BCUT2D eigenvalue weighted by Crippen LogP contribution is -2.41. The summed E-state index contributed by atoms with van der Waals surface area (Å²) in [4.78, 5) is 46.6. The summed E-state index contributed by atoms with van der Waals surface area (Å²) in [6.45, 7) is 9.34. The van der Waals surface area contributed by atoms with Crippen LogP contribution in [0.3, 0.4) is 0 Å². The van der Waals surface area contributed by atoms with Gasteiger partial charge in [-0.1, -0.05) is 0 Å². The number of ketones is 2. The normalized spacial score (nSPS) is 18.7. The van der Waals surface area contributed by atoms with E-state index in [0.717, 1.165) is 16.7 Å². The Hall–Kier alpha value is -3.40. The first-order chi connectivity index (χ1) is 14.5. The van der Waals surface area contributed by atoms with Crippen molar-refractivity contribution in [2.75, 3.05) is 0 Å². The maximum atomic E-state index is 13.1. The Balaban J connectivity index is 1.86. The Morgan fingerprint density at radius 3 is 2.26 bits per heavy atom. The number of aryl methyl sites for hydroxylation is 2. The fourth-order valence-corrected chi connectivity index (χ4v) is 4.12. The smallest absolute Gasteiger partial charge is 0.221 e. The molecule has 0 saturated heterocycles. The third kappa shape index (κ3) is 4.85. The molecule has 1 aliphatic rings. The maximum absolute atomic E-state index is 13.1. The van der Waals surface area contributed by atoms with Crippen molar-refractivity contribution in [3.63, 3.8) is 0 Å². The van der Waals surface area contributed by atoms with Gasteiger partial charge in [-0.15, -0.1) is 0 Å². The van der Waals surface area contributed by atoms with Crippen LogP contribution in [-0.2, 0) is 14.4 Å². The van der Waals surface area contributed by atoms with Crippen LogP contribution in [0.25, 0.3) is 11.4 Å². The van der Waals surface area contributed by atoms with Crippen molar-refractivity contribution in [3.05, 3.63) is 46.8 Å². The first kappa shape index (κ1) is 22.3. The molecule has 1 amide bonds. The van der Waals surface area contributed by atoms with Crippen molar-refractivity contribution in [3.8, 4) is 17.5 Å². The summed E-state index contributed by atoms with van der Waals surface area (Å²) in [7, 11) is 0. The van der Waals surface area contributed by atoms with Gasteiger partial charge < -0.3 is 5.32 Å².